The van der Waals surface area contributed by atoms with Crippen LogP contribution in [0.4, 0.5) is 14.6 Å². The number of ether oxygens (including phenoxy) is 1. The third-order valence-corrected chi connectivity index (χ3v) is 2.52. The van der Waals surface area contributed by atoms with Crippen LogP contribution in [0.3, 0.4) is 0 Å². The number of aromatic nitrogens is 1. The summed E-state index contributed by atoms with van der Waals surface area (Å²) in [5.74, 6) is -0.755. The number of halogens is 3. The third-order valence-electron chi connectivity index (χ3n) is 2.25. The molecule has 7 heteroatoms. The maximum absolute atomic E-state index is 12.8. The molecule has 0 unspecified atom stereocenters. The Morgan fingerprint density at radius 2 is 2.28 bits per heavy atom. The monoisotopic (exact) mass is 278 g/mol. The number of anilines is 1. The zero-order chi connectivity index (χ0) is 13.7. The van der Waals surface area contributed by atoms with Crippen LogP contribution in [0.25, 0.3) is 0 Å². The van der Waals surface area contributed by atoms with E-state index in [9.17, 15) is 13.6 Å². The number of pyridine rings is 1. The van der Waals surface area contributed by atoms with Gasteiger partial charge in [0, 0.05) is 5.88 Å². The van der Waals surface area contributed by atoms with Crippen LogP contribution in [0.1, 0.15) is 30.2 Å². The first-order valence-electron chi connectivity index (χ1n) is 5.27. The van der Waals surface area contributed by atoms with Crippen molar-refractivity contribution in [2.45, 2.75) is 25.7 Å². The van der Waals surface area contributed by atoms with Crippen molar-refractivity contribution in [2.24, 2.45) is 0 Å². The Labute approximate surface area is 108 Å². The summed E-state index contributed by atoms with van der Waals surface area (Å²) in [6.45, 7) is 1.88. The van der Waals surface area contributed by atoms with Crippen LogP contribution < -0.4 is 5.73 Å². The molecule has 0 aromatic carbocycles. The molecule has 0 amide bonds. The van der Waals surface area contributed by atoms with Crippen molar-refractivity contribution in [3.63, 3.8) is 0 Å². The van der Waals surface area contributed by atoms with Crippen molar-refractivity contribution < 1.29 is 18.3 Å². The maximum Gasteiger partial charge on any atom is 0.310 e. The summed E-state index contributed by atoms with van der Waals surface area (Å²) >= 11 is 5.63. The van der Waals surface area contributed by atoms with Crippen LogP contribution in [0, 0.1) is 0 Å². The predicted molar refractivity (Wildman–Crippen MR) is 63.5 cm³/mol. The first-order chi connectivity index (χ1) is 8.49. The Kier molecular flexibility index (Phi) is 5.27. The Hall–Kier alpha value is -1.43. The van der Waals surface area contributed by atoms with E-state index in [1.165, 1.54) is 6.07 Å². The molecule has 0 aliphatic heterocycles. The second-order valence-electron chi connectivity index (χ2n) is 3.49. The summed E-state index contributed by atoms with van der Waals surface area (Å²) < 4.78 is 30.3. The lowest BCUT2D eigenvalue weighted by molar-refractivity contribution is -0.142. The smallest absolute Gasteiger partial charge is 0.310 e. The molecule has 0 radical (unpaired) electrons. The zero-order valence-corrected chi connectivity index (χ0v) is 10.5. The normalized spacial score (nSPS) is 10.7. The van der Waals surface area contributed by atoms with Gasteiger partial charge in [-0.15, -0.1) is 11.6 Å². The highest BCUT2D eigenvalue weighted by molar-refractivity contribution is 6.17. The summed E-state index contributed by atoms with van der Waals surface area (Å²) in [4.78, 5) is 14.9. The standard InChI is InChI=1S/C11H13ClF2N2O2/c1-2-18-9(17)4-6-3-8(15)16-10(11(13)14)7(6)5-12/h3,11H,2,4-5H2,1H3,(H2,15,16). The van der Waals surface area contributed by atoms with Gasteiger partial charge in [0.25, 0.3) is 6.43 Å². The molecule has 0 saturated carbocycles. The SMILES string of the molecule is CCOC(=O)Cc1cc(N)nc(C(F)F)c1CCl. The van der Waals surface area contributed by atoms with Gasteiger partial charge >= 0.3 is 5.97 Å². The van der Waals surface area contributed by atoms with E-state index in [1.54, 1.807) is 6.92 Å². The van der Waals surface area contributed by atoms with Crippen molar-refractivity contribution in [1.82, 2.24) is 4.98 Å². The average Bonchev–Trinajstić information content (AvgIpc) is 2.28. The van der Waals surface area contributed by atoms with Gasteiger partial charge in [-0.1, -0.05) is 0 Å². The number of nitrogen functional groups attached to an aromatic ring is 1. The van der Waals surface area contributed by atoms with E-state index in [4.69, 9.17) is 22.1 Å². The predicted octanol–water partition coefficient (Wildman–Crippen LogP) is 2.45. The lowest BCUT2D eigenvalue weighted by atomic mass is 10.0. The van der Waals surface area contributed by atoms with E-state index < -0.39 is 18.1 Å². The van der Waals surface area contributed by atoms with E-state index in [-0.39, 0.29) is 30.3 Å². The lowest BCUT2D eigenvalue weighted by Gasteiger charge is -2.12. The quantitative estimate of drug-likeness (QED) is 0.664. The van der Waals surface area contributed by atoms with Crippen LogP contribution in [0.15, 0.2) is 6.07 Å². The molecule has 0 atom stereocenters. The van der Waals surface area contributed by atoms with Gasteiger partial charge in [0.05, 0.1) is 13.0 Å². The summed E-state index contributed by atoms with van der Waals surface area (Å²) in [5.41, 5.74) is 5.41. The molecule has 0 spiro atoms. The van der Waals surface area contributed by atoms with Crippen molar-refractivity contribution in [2.75, 3.05) is 12.3 Å². The van der Waals surface area contributed by atoms with Crippen LogP contribution in [0.5, 0.6) is 0 Å². The largest absolute Gasteiger partial charge is 0.466 e. The van der Waals surface area contributed by atoms with Gasteiger partial charge < -0.3 is 10.5 Å². The van der Waals surface area contributed by atoms with Crippen molar-refractivity contribution >= 4 is 23.4 Å². The highest BCUT2D eigenvalue weighted by atomic mass is 35.5. The van der Waals surface area contributed by atoms with E-state index >= 15 is 0 Å². The number of nitrogens with two attached hydrogens (primary N) is 1. The van der Waals surface area contributed by atoms with Crippen molar-refractivity contribution in [3.05, 3.63) is 22.9 Å². The van der Waals surface area contributed by atoms with Gasteiger partial charge in [0.1, 0.15) is 11.5 Å². The van der Waals surface area contributed by atoms with Crippen LogP contribution in [-0.2, 0) is 21.8 Å². The molecule has 1 heterocycles. The highest BCUT2D eigenvalue weighted by Gasteiger charge is 2.20. The van der Waals surface area contributed by atoms with Gasteiger partial charge in [-0.2, -0.15) is 0 Å². The molecule has 0 bridgehead atoms. The van der Waals surface area contributed by atoms with Crippen molar-refractivity contribution in [1.29, 1.82) is 0 Å². The Balaban J connectivity index is 3.13. The molecule has 0 saturated heterocycles. The van der Waals surface area contributed by atoms with E-state index in [0.29, 0.717) is 5.56 Å². The Morgan fingerprint density at radius 3 is 2.78 bits per heavy atom. The minimum Gasteiger partial charge on any atom is -0.466 e. The van der Waals surface area contributed by atoms with Gasteiger partial charge in [-0.3, -0.25) is 4.79 Å². The Morgan fingerprint density at radius 1 is 1.61 bits per heavy atom. The van der Waals surface area contributed by atoms with Crippen LogP contribution in [0.2, 0.25) is 0 Å². The fourth-order valence-corrected chi connectivity index (χ4v) is 1.84. The number of carbonyl (C=O) groups excluding carboxylic acids is 1. The van der Waals surface area contributed by atoms with E-state index in [2.05, 4.69) is 4.98 Å². The third kappa shape index (κ3) is 3.53. The van der Waals surface area contributed by atoms with Crippen LogP contribution in [-0.4, -0.2) is 17.6 Å². The van der Waals surface area contributed by atoms with Crippen molar-refractivity contribution in [3.8, 4) is 0 Å². The molecular weight excluding hydrogens is 266 g/mol. The molecule has 2 N–H and O–H groups in total. The van der Waals surface area contributed by atoms with Gasteiger partial charge in [-0.05, 0) is 24.1 Å². The number of carbonyl (C=O) groups is 1. The number of rotatable bonds is 5. The second-order valence-corrected chi connectivity index (χ2v) is 3.75. The minimum atomic E-state index is -2.79. The zero-order valence-electron chi connectivity index (χ0n) is 9.75. The summed E-state index contributed by atoms with van der Waals surface area (Å²) in [6, 6.07) is 1.36. The lowest BCUT2D eigenvalue weighted by Crippen LogP contribution is -2.12. The molecule has 100 valence electrons. The molecule has 0 aliphatic rings. The maximum atomic E-state index is 12.8. The molecular formula is C11H13ClF2N2O2. The van der Waals surface area contributed by atoms with E-state index in [0.717, 1.165) is 0 Å². The fourth-order valence-electron chi connectivity index (χ4n) is 1.53. The second kappa shape index (κ2) is 6.49. The summed E-state index contributed by atoms with van der Waals surface area (Å²) in [6.07, 6.45) is -2.94. The first-order valence-corrected chi connectivity index (χ1v) is 5.80. The van der Waals surface area contributed by atoms with Gasteiger partial charge in [-0.25, -0.2) is 13.8 Å². The van der Waals surface area contributed by atoms with Gasteiger partial charge in [0.15, 0.2) is 0 Å². The summed E-state index contributed by atoms with van der Waals surface area (Å²) in [5, 5.41) is 0. The topological polar surface area (TPSA) is 65.2 Å². The summed E-state index contributed by atoms with van der Waals surface area (Å²) in [7, 11) is 0. The molecule has 0 aliphatic carbocycles. The molecule has 1 aromatic rings. The molecule has 1 aromatic heterocycles. The molecule has 1 rings (SSSR count). The number of hydrogen-bond donors (Lipinski definition) is 1. The molecule has 4 nitrogen and oxygen atoms in total. The molecule has 0 fully saturated rings. The number of alkyl halides is 3. The van der Waals surface area contributed by atoms with E-state index in [1.807, 2.05) is 0 Å². The molecule has 18 heavy (non-hydrogen) atoms. The highest BCUT2D eigenvalue weighted by Crippen LogP contribution is 2.27. The van der Waals surface area contributed by atoms with Gasteiger partial charge in [0.2, 0.25) is 0 Å². The Bertz CT molecular complexity index is 441. The number of esters is 1. The minimum absolute atomic E-state index is 0.0709. The fraction of sp³-hybridized carbons (Fsp3) is 0.455. The van der Waals surface area contributed by atoms with Crippen LogP contribution >= 0.6 is 11.6 Å². The average molecular weight is 279 g/mol. The number of hydrogen-bond acceptors (Lipinski definition) is 4. The first kappa shape index (κ1) is 14.6. The number of nitrogens with zero attached hydrogens (tertiary/aromatic N) is 1.